The number of benzene rings is 1. The van der Waals surface area contributed by atoms with E-state index < -0.39 is 11.6 Å². The van der Waals surface area contributed by atoms with E-state index in [0.717, 1.165) is 60.2 Å². The maximum atomic E-state index is 14.3. The number of piperidine rings is 1. The van der Waals surface area contributed by atoms with Gasteiger partial charge in [0.2, 0.25) is 5.91 Å². The van der Waals surface area contributed by atoms with Crippen LogP contribution < -0.4 is 10.9 Å². The Morgan fingerprint density at radius 3 is 2.65 bits per heavy atom. The van der Waals surface area contributed by atoms with Crippen molar-refractivity contribution in [3.05, 3.63) is 61.4 Å². The van der Waals surface area contributed by atoms with Gasteiger partial charge in [-0.2, -0.15) is 0 Å². The van der Waals surface area contributed by atoms with Crippen LogP contribution in [0, 0.1) is 12.8 Å². The van der Waals surface area contributed by atoms with Gasteiger partial charge < -0.3 is 24.2 Å². The molecule has 2 aromatic heterocycles. The van der Waals surface area contributed by atoms with E-state index in [-0.39, 0.29) is 36.8 Å². The molecule has 1 fully saturated rings. The van der Waals surface area contributed by atoms with Crippen LogP contribution in [0.1, 0.15) is 93.5 Å². The Kier molecular flexibility index (Phi) is 10.1. The maximum Gasteiger partial charge on any atom is 0.326 e. The fraction of sp³-hybridized carbons (Fsp3) is 0.541. The number of likely N-dealkylation sites (tertiary alicyclic amines) is 1. The molecule has 1 aromatic carbocycles. The molecule has 10 nitrogen and oxygen atoms in total. The smallest absolute Gasteiger partial charge is 0.326 e. The van der Waals surface area contributed by atoms with E-state index in [1.807, 2.05) is 26.0 Å². The van der Waals surface area contributed by atoms with Gasteiger partial charge in [-0.3, -0.25) is 19.3 Å². The molecule has 3 aromatic rings. The lowest BCUT2D eigenvalue weighted by atomic mass is 9.85. The molecule has 1 atom stereocenters. The summed E-state index contributed by atoms with van der Waals surface area (Å²) in [5, 5.41) is 4.31. The number of carbonyl (C=O) groups excluding carboxylic acids is 3. The standard InChI is InChI=1S/C37H45ClN4O6/c1-5-37(48-34(45)18-39-33(44)8-6-7-24(4)43)11-14-47-21-28-29(37)16-32-35-27(20-42(32)36(28)46)26(19-41-12-9-22(2)10-13-41)25-15-23(3)30(38)17-31(25)40-35/h15-17,22H,5-14,18-21H2,1-4H3,(H,39,44)/t37-/m1/s1. The molecule has 0 saturated carbocycles. The molecule has 0 unspecified atom stereocenters. The summed E-state index contributed by atoms with van der Waals surface area (Å²) in [5.41, 5.74) is 5.23. The predicted octanol–water partition coefficient (Wildman–Crippen LogP) is 5.56. The number of ketones is 1. The lowest BCUT2D eigenvalue weighted by Crippen LogP contribution is -2.39. The zero-order valence-corrected chi connectivity index (χ0v) is 29.1. The third kappa shape index (κ3) is 6.80. The molecule has 48 heavy (non-hydrogen) atoms. The summed E-state index contributed by atoms with van der Waals surface area (Å²) in [5.74, 6) is -0.191. The Hall–Kier alpha value is -3.60. The summed E-state index contributed by atoms with van der Waals surface area (Å²) in [6, 6.07) is 6.00. The second kappa shape index (κ2) is 14.1. The van der Waals surface area contributed by atoms with Crippen molar-refractivity contribution in [3.8, 4) is 11.4 Å². The number of hydrogen-bond donors (Lipinski definition) is 1. The van der Waals surface area contributed by atoms with E-state index in [1.54, 1.807) is 4.57 Å². The van der Waals surface area contributed by atoms with Gasteiger partial charge >= 0.3 is 5.97 Å². The summed E-state index contributed by atoms with van der Waals surface area (Å²) in [6.07, 6.45) is 3.97. The molecule has 11 heteroatoms. The Balaban J connectivity index is 1.37. The number of pyridine rings is 2. The maximum absolute atomic E-state index is 14.3. The summed E-state index contributed by atoms with van der Waals surface area (Å²) in [7, 11) is 0. The van der Waals surface area contributed by atoms with Crippen molar-refractivity contribution in [2.45, 2.75) is 97.9 Å². The SMILES string of the molecule is CC[C@@]1(OC(=O)CNC(=O)CCCC(C)=O)CCOCc2c1cc1n(c2=O)Cc2c-1nc1cc(Cl)c(C)cc1c2CN1CCC(C)CC1. The summed E-state index contributed by atoms with van der Waals surface area (Å²) in [6.45, 7) is 11.0. The topological polar surface area (TPSA) is 120 Å². The number of hydrogen-bond acceptors (Lipinski definition) is 8. The lowest BCUT2D eigenvalue weighted by molar-refractivity contribution is -0.163. The van der Waals surface area contributed by atoms with Crippen LogP contribution in [0.15, 0.2) is 23.0 Å². The zero-order chi connectivity index (χ0) is 34.2. The highest BCUT2D eigenvalue weighted by molar-refractivity contribution is 6.32. The van der Waals surface area contributed by atoms with Gasteiger partial charge in [0, 0.05) is 47.3 Å². The van der Waals surface area contributed by atoms with Gasteiger partial charge in [0.25, 0.3) is 5.56 Å². The van der Waals surface area contributed by atoms with Crippen molar-refractivity contribution in [1.82, 2.24) is 19.8 Å². The summed E-state index contributed by atoms with van der Waals surface area (Å²) in [4.78, 5) is 58.7. The molecule has 3 aliphatic heterocycles. The van der Waals surface area contributed by atoms with Gasteiger partial charge in [0.15, 0.2) is 0 Å². The molecule has 0 spiro atoms. The Morgan fingerprint density at radius 2 is 1.92 bits per heavy atom. The number of halogens is 1. The van der Waals surface area contributed by atoms with Gasteiger partial charge in [0.05, 0.1) is 42.2 Å². The number of nitrogens with one attached hydrogen (secondary N) is 1. The molecule has 0 aliphatic carbocycles. The Morgan fingerprint density at radius 1 is 1.15 bits per heavy atom. The molecule has 5 heterocycles. The minimum absolute atomic E-state index is 0.0153. The molecule has 1 N–H and O–H groups in total. The highest BCUT2D eigenvalue weighted by atomic mass is 35.5. The molecule has 1 amide bonds. The lowest BCUT2D eigenvalue weighted by Gasteiger charge is -2.33. The quantitative estimate of drug-likeness (QED) is 0.217. The van der Waals surface area contributed by atoms with Gasteiger partial charge in [-0.15, -0.1) is 0 Å². The van der Waals surface area contributed by atoms with Crippen LogP contribution in [0.3, 0.4) is 0 Å². The van der Waals surface area contributed by atoms with Crippen molar-refractivity contribution >= 4 is 40.2 Å². The highest BCUT2D eigenvalue weighted by Crippen LogP contribution is 2.43. The number of aromatic nitrogens is 2. The number of rotatable bonds is 10. The van der Waals surface area contributed by atoms with E-state index >= 15 is 0 Å². The molecular formula is C37H45ClN4O6. The number of fused-ring (bicyclic) bond motifs is 5. The average Bonchev–Trinajstić information content (AvgIpc) is 3.32. The minimum atomic E-state index is -1.12. The highest BCUT2D eigenvalue weighted by Gasteiger charge is 2.41. The van der Waals surface area contributed by atoms with Gasteiger partial charge in [-0.1, -0.05) is 25.4 Å². The molecule has 3 aliphatic rings. The number of Topliss-reactive ketones (excluding diaryl/α,β-unsaturated/α-hetero) is 1. The van der Waals surface area contributed by atoms with Crippen molar-refractivity contribution in [3.63, 3.8) is 0 Å². The van der Waals surface area contributed by atoms with E-state index in [4.69, 9.17) is 26.1 Å². The monoisotopic (exact) mass is 676 g/mol. The number of aryl methyl sites for hydroxylation is 1. The number of amides is 1. The summed E-state index contributed by atoms with van der Waals surface area (Å²) < 4.78 is 13.9. The van der Waals surface area contributed by atoms with Crippen molar-refractivity contribution in [1.29, 1.82) is 0 Å². The van der Waals surface area contributed by atoms with E-state index in [1.165, 1.54) is 12.5 Å². The normalized spacial score (nSPS) is 19.4. The largest absolute Gasteiger partial charge is 0.453 e. The number of carbonyl (C=O) groups is 3. The number of esters is 1. The second-order valence-electron chi connectivity index (χ2n) is 13.8. The van der Waals surface area contributed by atoms with Crippen molar-refractivity contribution in [2.75, 3.05) is 26.2 Å². The molecule has 256 valence electrons. The fourth-order valence-corrected chi connectivity index (χ4v) is 7.51. The van der Waals surface area contributed by atoms with Crippen LogP contribution in [0.4, 0.5) is 0 Å². The first-order chi connectivity index (χ1) is 23.0. The number of ether oxygens (including phenoxy) is 2. The van der Waals surface area contributed by atoms with Crippen LogP contribution in [0.5, 0.6) is 0 Å². The predicted molar refractivity (Wildman–Crippen MR) is 184 cm³/mol. The third-order valence-corrected chi connectivity index (χ3v) is 10.7. The Bertz CT molecular complexity index is 1830. The first-order valence-electron chi connectivity index (χ1n) is 17.2. The minimum Gasteiger partial charge on any atom is -0.453 e. The number of nitrogens with zero attached hydrogens (tertiary/aromatic N) is 3. The molecule has 1 saturated heterocycles. The van der Waals surface area contributed by atoms with Crippen LogP contribution in [-0.4, -0.2) is 58.4 Å². The third-order valence-electron chi connectivity index (χ3n) is 10.3. The Labute approximate surface area is 286 Å². The van der Waals surface area contributed by atoms with E-state index in [9.17, 15) is 19.2 Å². The van der Waals surface area contributed by atoms with Gasteiger partial charge in [0.1, 0.15) is 17.9 Å². The molecule has 0 radical (unpaired) electrons. The van der Waals surface area contributed by atoms with Gasteiger partial charge in [-0.25, -0.2) is 4.98 Å². The van der Waals surface area contributed by atoms with Crippen molar-refractivity contribution < 1.29 is 23.9 Å². The summed E-state index contributed by atoms with van der Waals surface area (Å²) >= 11 is 6.62. The molecule has 6 rings (SSSR count). The van der Waals surface area contributed by atoms with Crippen LogP contribution >= 0.6 is 11.6 Å². The van der Waals surface area contributed by atoms with E-state index in [0.29, 0.717) is 66.6 Å². The first-order valence-corrected chi connectivity index (χ1v) is 17.5. The average molecular weight is 677 g/mol. The second-order valence-corrected chi connectivity index (χ2v) is 14.2. The van der Waals surface area contributed by atoms with Crippen molar-refractivity contribution in [2.24, 2.45) is 5.92 Å². The van der Waals surface area contributed by atoms with Crippen LogP contribution in [0.25, 0.3) is 22.3 Å². The van der Waals surface area contributed by atoms with Crippen LogP contribution in [0.2, 0.25) is 5.02 Å². The van der Waals surface area contributed by atoms with Gasteiger partial charge in [-0.05, 0) is 87.9 Å². The first kappa shape index (κ1) is 34.3. The molecular weight excluding hydrogens is 632 g/mol. The molecule has 0 bridgehead atoms. The zero-order valence-electron chi connectivity index (χ0n) is 28.4. The fourth-order valence-electron chi connectivity index (χ4n) is 7.35. The van der Waals surface area contributed by atoms with E-state index in [2.05, 4.69) is 23.2 Å². The van der Waals surface area contributed by atoms with Crippen LogP contribution in [-0.2, 0) is 49.2 Å².